The van der Waals surface area contributed by atoms with Crippen LogP contribution in [0.25, 0.3) is 0 Å². The molecule has 0 aliphatic heterocycles. The highest BCUT2D eigenvalue weighted by Gasteiger charge is 2.11. The summed E-state index contributed by atoms with van der Waals surface area (Å²) in [7, 11) is 1.33. The Morgan fingerprint density at radius 2 is 1.82 bits per heavy atom. The lowest BCUT2D eigenvalue weighted by Gasteiger charge is -2.09. The van der Waals surface area contributed by atoms with Crippen molar-refractivity contribution < 1.29 is 14.3 Å². The van der Waals surface area contributed by atoms with Gasteiger partial charge in [0.25, 0.3) is 5.91 Å². The molecular formula is C13H17NO3. The van der Waals surface area contributed by atoms with Gasteiger partial charge in [0.2, 0.25) is 0 Å². The van der Waals surface area contributed by atoms with E-state index in [-0.39, 0.29) is 18.3 Å². The van der Waals surface area contributed by atoms with Gasteiger partial charge < -0.3 is 10.1 Å². The number of benzene rings is 1. The number of carbonyl (C=O) groups excluding carboxylic acids is 2. The van der Waals surface area contributed by atoms with Gasteiger partial charge in [-0.15, -0.1) is 0 Å². The molecule has 1 N–H and O–H groups in total. The van der Waals surface area contributed by atoms with Gasteiger partial charge in [-0.2, -0.15) is 0 Å². The molecule has 1 aromatic rings. The van der Waals surface area contributed by atoms with E-state index in [1.165, 1.54) is 7.11 Å². The zero-order valence-corrected chi connectivity index (χ0v) is 10.4. The first-order valence-electron chi connectivity index (χ1n) is 5.47. The molecule has 0 saturated heterocycles. The number of carbonyl (C=O) groups is 2. The van der Waals surface area contributed by atoms with Gasteiger partial charge in [-0.05, 0) is 25.0 Å². The van der Waals surface area contributed by atoms with Crippen LogP contribution < -0.4 is 5.32 Å². The van der Waals surface area contributed by atoms with Crippen LogP contribution in [0.1, 0.15) is 27.9 Å². The Kier molecular flexibility index (Phi) is 4.69. The summed E-state index contributed by atoms with van der Waals surface area (Å²) in [6, 6.07) is 5.69. The third-order valence-electron chi connectivity index (χ3n) is 2.55. The number of hydrogen-bond acceptors (Lipinski definition) is 3. The van der Waals surface area contributed by atoms with Crippen molar-refractivity contribution in [2.45, 2.75) is 20.3 Å². The zero-order chi connectivity index (χ0) is 12.8. The highest BCUT2D eigenvalue weighted by atomic mass is 16.5. The normalized spacial score (nSPS) is 9.82. The molecular weight excluding hydrogens is 218 g/mol. The maximum atomic E-state index is 11.9. The summed E-state index contributed by atoms with van der Waals surface area (Å²) >= 11 is 0. The molecule has 1 aromatic carbocycles. The van der Waals surface area contributed by atoms with Gasteiger partial charge in [0, 0.05) is 12.1 Å². The smallest absolute Gasteiger partial charge is 0.307 e. The summed E-state index contributed by atoms with van der Waals surface area (Å²) in [4.78, 5) is 22.8. The van der Waals surface area contributed by atoms with Crippen molar-refractivity contribution in [2.75, 3.05) is 13.7 Å². The molecule has 0 saturated carbocycles. The summed E-state index contributed by atoms with van der Waals surface area (Å²) in [6.07, 6.45) is 0.188. The second-order valence-corrected chi connectivity index (χ2v) is 3.85. The number of hydrogen-bond donors (Lipinski definition) is 1. The summed E-state index contributed by atoms with van der Waals surface area (Å²) < 4.78 is 4.49. The number of rotatable bonds is 4. The van der Waals surface area contributed by atoms with Crippen molar-refractivity contribution in [1.29, 1.82) is 0 Å². The van der Waals surface area contributed by atoms with Crippen molar-refractivity contribution in [3.63, 3.8) is 0 Å². The van der Waals surface area contributed by atoms with Crippen LogP contribution in [0, 0.1) is 13.8 Å². The van der Waals surface area contributed by atoms with Gasteiger partial charge >= 0.3 is 5.97 Å². The molecule has 0 atom stereocenters. The molecule has 0 radical (unpaired) electrons. The minimum atomic E-state index is -0.327. The molecule has 4 nitrogen and oxygen atoms in total. The van der Waals surface area contributed by atoms with E-state index in [1.807, 2.05) is 32.0 Å². The number of esters is 1. The van der Waals surface area contributed by atoms with E-state index in [0.29, 0.717) is 12.1 Å². The fourth-order valence-electron chi connectivity index (χ4n) is 1.64. The van der Waals surface area contributed by atoms with Crippen molar-refractivity contribution in [1.82, 2.24) is 5.32 Å². The van der Waals surface area contributed by atoms with Crippen molar-refractivity contribution in [3.8, 4) is 0 Å². The molecule has 4 heteroatoms. The van der Waals surface area contributed by atoms with Gasteiger partial charge in [-0.1, -0.05) is 18.2 Å². The molecule has 0 unspecified atom stereocenters. The second-order valence-electron chi connectivity index (χ2n) is 3.85. The Morgan fingerprint density at radius 1 is 1.24 bits per heavy atom. The Morgan fingerprint density at radius 3 is 2.35 bits per heavy atom. The van der Waals surface area contributed by atoms with Gasteiger partial charge in [0.05, 0.1) is 13.5 Å². The molecule has 1 rings (SSSR count). The van der Waals surface area contributed by atoms with E-state index in [4.69, 9.17) is 0 Å². The van der Waals surface area contributed by atoms with Crippen LogP contribution in [0.4, 0.5) is 0 Å². The Bertz CT molecular complexity index is 406. The van der Waals surface area contributed by atoms with Crippen LogP contribution in [0.2, 0.25) is 0 Å². The summed E-state index contributed by atoms with van der Waals surface area (Å²) in [5, 5.41) is 2.71. The Balaban J connectivity index is 2.61. The van der Waals surface area contributed by atoms with E-state index in [0.717, 1.165) is 11.1 Å². The van der Waals surface area contributed by atoms with E-state index in [1.54, 1.807) is 0 Å². The van der Waals surface area contributed by atoms with Gasteiger partial charge in [-0.25, -0.2) is 0 Å². The minimum absolute atomic E-state index is 0.149. The van der Waals surface area contributed by atoms with E-state index in [2.05, 4.69) is 10.1 Å². The maximum absolute atomic E-state index is 11.9. The van der Waals surface area contributed by atoms with Crippen LogP contribution in [0.3, 0.4) is 0 Å². The van der Waals surface area contributed by atoms with Crippen LogP contribution in [-0.2, 0) is 9.53 Å². The quantitative estimate of drug-likeness (QED) is 0.806. The van der Waals surface area contributed by atoms with Crippen LogP contribution in [0.15, 0.2) is 18.2 Å². The van der Waals surface area contributed by atoms with Crippen LogP contribution in [-0.4, -0.2) is 25.5 Å². The first-order valence-corrected chi connectivity index (χ1v) is 5.47. The lowest BCUT2D eigenvalue weighted by molar-refractivity contribution is -0.140. The lowest BCUT2D eigenvalue weighted by Crippen LogP contribution is -2.27. The maximum Gasteiger partial charge on any atom is 0.307 e. The van der Waals surface area contributed by atoms with Crippen LogP contribution >= 0.6 is 0 Å². The highest BCUT2D eigenvalue weighted by Crippen LogP contribution is 2.12. The van der Waals surface area contributed by atoms with E-state index in [9.17, 15) is 9.59 Å². The van der Waals surface area contributed by atoms with Crippen molar-refractivity contribution in [2.24, 2.45) is 0 Å². The minimum Gasteiger partial charge on any atom is -0.469 e. The fraction of sp³-hybridized carbons (Fsp3) is 0.385. The molecule has 0 aliphatic carbocycles. The molecule has 0 fully saturated rings. The van der Waals surface area contributed by atoms with Crippen molar-refractivity contribution >= 4 is 11.9 Å². The Labute approximate surface area is 101 Å². The zero-order valence-electron chi connectivity index (χ0n) is 10.4. The number of aryl methyl sites for hydroxylation is 2. The monoisotopic (exact) mass is 235 g/mol. The van der Waals surface area contributed by atoms with Gasteiger partial charge in [0.15, 0.2) is 0 Å². The third-order valence-corrected chi connectivity index (χ3v) is 2.55. The summed E-state index contributed by atoms with van der Waals surface area (Å²) in [6.45, 7) is 4.07. The molecule has 0 heterocycles. The molecule has 92 valence electrons. The number of amides is 1. The van der Waals surface area contributed by atoms with Gasteiger partial charge in [0.1, 0.15) is 0 Å². The van der Waals surface area contributed by atoms with Gasteiger partial charge in [-0.3, -0.25) is 9.59 Å². The molecule has 1 amide bonds. The summed E-state index contributed by atoms with van der Waals surface area (Å²) in [5.74, 6) is -0.476. The number of nitrogens with one attached hydrogen (secondary N) is 1. The fourth-order valence-corrected chi connectivity index (χ4v) is 1.64. The molecule has 0 aliphatic rings. The predicted octanol–water partition coefficient (Wildman–Crippen LogP) is 1.60. The predicted molar refractivity (Wildman–Crippen MR) is 64.9 cm³/mol. The van der Waals surface area contributed by atoms with E-state index < -0.39 is 0 Å². The first kappa shape index (κ1) is 13.2. The summed E-state index contributed by atoms with van der Waals surface area (Å²) in [5.41, 5.74) is 2.54. The topological polar surface area (TPSA) is 55.4 Å². The average Bonchev–Trinajstić information content (AvgIpc) is 2.28. The molecule has 0 bridgehead atoms. The first-order chi connectivity index (χ1) is 8.06. The Hall–Kier alpha value is -1.84. The molecule has 0 aromatic heterocycles. The number of ether oxygens (including phenoxy) is 1. The third kappa shape index (κ3) is 3.59. The standard InChI is InChI=1S/C13H17NO3/c1-9-5-4-6-10(2)12(9)13(16)14-8-7-11(15)17-3/h4-6H,7-8H2,1-3H3,(H,14,16). The average molecular weight is 235 g/mol. The largest absolute Gasteiger partial charge is 0.469 e. The molecule has 0 spiro atoms. The SMILES string of the molecule is COC(=O)CCNC(=O)c1c(C)cccc1C. The van der Waals surface area contributed by atoms with E-state index >= 15 is 0 Å². The number of methoxy groups -OCH3 is 1. The van der Waals surface area contributed by atoms with Crippen molar-refractivity contribution in [3.05, 3.63) is 34.9 Å². The lowest BCUT2D eigenvalue weighted by atomic mass is 10.0. The second kappa shape index (κ2) is 6.03. The highest BCUT2D eigenvalue weighted by molar-refractivity contribution is 5.97. The molecule has 17 heavy (non-hydrogen) atoms. The van der Waals surface area contributed by atoms with Crippen LogP contribution in [0.5, 0.6) is 0 Å².